The van der Waals surface area contributed by atoms with Gasteiger partial charge in [-0.25, -0.2) is 0 Å². The third-order valence-corrected chi connectivity index (χ3v) is 3.99. The van der Waals surface area contributed by atoms with Gasteiger partial charge in [-0.1, -0.05) is 19.4 Å². The molecule has 0 bridgehead atoms. The van der Waals surface area contributed by atoms with Crippen molar-refractivity contribution in [3.63, 3.8) is 0 Å². The third-order valence-electron chi connectivity index (χ3n) is 3.99. The Hall–Kier alpha value is -1.02. The molecule has 1 unspecified atom stereocenters. The first kappa shape index (κ1) is 14.4. The van der Waals surface area contributed by atoms with Crippen molar-refractivity contribution in [2.45, 2.75) is 58.9 Å². The number of nitrogens with one attached hydrogen (secondary N) is 1. The van der Waals surface area contributed by atoms with Gasteiger partial charge < -0.3 is 10.1 Å². The van der Waals surface area contributed by atoms with Gasteiger partial charge in [0.1, 0.15) is 5.75 Å². The number of aryl methyl sites for hydroxylation is 1. The van der Waals surface area contributed by atoms with E-state index in [1.165, 1.54) is 42.4 Å². The van der Waals surface area contributed by atoms with Crippen LogP contribution in [0.3, 0.4) is 0 Å². The average Bonchev–Trinajstić information content (AvgIpc) is 2.63. The molecule has 2 rings (SSSR count). The van der Waals surface area contributed by atoms with E-state index in [4.69, 9.17) is 4.74 Å². The van der Waals surface area contributed by atoms with Gasteiger partial charge in [0.25, 0.3) is 0 Å². The Morgan fingerprint density at radius 3 is 2.84 bits per heavy atom. The maximum atomic E-state index is 5.84. The summed E-state index contributed by atoms with van der Waals surface area (Å²) in [5.74, 6) is 1.10. The van der Waals surface area contributed by atoms with E-state index in [2.05, 4.69) is 38.2 Å². The molecule has 106 valence electrons. The standard InChI is InChI=1S/C17H27NO/c1-4-12-18-15-9-7-6-8-14-16(19-5-2)11-10-13(3)17(14)15/h10-11,15,18H,4-9,12H2,1-3H3. The van der Waals surface area contributed by atoms with Gasteiger partial charge in [0.15, 0.2) is 0 Å². The second kappa shape index (κ2) is 6.95. The van der Waals surface area contributed by atoms with Crippen molar-refractivity contribution in [1.82, 2.24) is 5.32 Å². The molecule has 0 fully saturated rings. The van der Waals surface area contributed by atoms with E-state index in [-0.39, 0.29) is 0 Å². The molecule has 1 N–H and O–H groups in total. The van der Waals surface area contributed by atoms with Crippen LogP contribution in [0.25, 0.3) is 0 Å². The van der Waals surface area contributed by atoms with Gasteiger partial charge in [-0.3, -0.25) is 0 Å². The molecule has 19 heavy (non-hydrogen) atoms. The van der Waals surface area contributed by atoms with Crippen molar-refractivity contribution in [2.75, 3.05) is 13.2 Å². The van der Waals surface area contributed by atoms with Crippen LogP contribution in [0.2, 0.25) is 0 Å². The average molecular weight is 261 g/mol. The van der Waals surface area contributed by atoms with Crippen molar-refractivity contribution in [3.05, 3.63) is 28.8 Å². The minimum Gasteiger partial charge on any atom is -0.494 e. The molecule has 0 heterocycles. The maximum absolute atomic E-state index is 5.84. The molecule has 0 saturated heterocycles. The second-order valence-electron chi connectivity index (χ2n) is 5.46. The van der Waals surface area contributed by atoms with Crippen molar-refractivity contribution >= 4 is 0 Å². The van der Waals surface area contributed by atoms with E-state index in [1.54, 1.807) is 0 Å². The summed E-state index contributed by atoms with van der Waals surface area (Å²) >= 11 is 0. The van der Waals surface area contributed by atoms with Crippen molar-refractivity contribution in [3.8, 4) is 5.75 Å². The SMILES string of the molecule is CCCNC1CCCCc2c(OCC)ccc(C)c21. The summed E-state index contributed by atoms with van der Waals surface area (Å²) in [6.07, 6.45) is 6.19. The fourth-order valence-electron chi connectivity index (χ4n) is 3.11. The molecule has 1 aliphatic rings. The van der Waals surface area contributed by atoms with Gasteiger partial charge in [0.2, 0.25) is 0 Å². The van der Waals surface area contributed by atoms with E-state index in [9.17, 15) is 0 Å². The lowest BCUT2D eigenvalue weighted by atomic mass is 9.93. The fourth-order valence-corrected chi connectivity index (χ4v) is 3.11. The summed E-state index contributed by atoms with van der Waals surface area (Å²) in [5.41, 5.74) is 4.37. The summed E-state index contributed by atoms with van der Waals surface area (Å²) in [5, 5.41) is 3.72. The predicted octanol–water partition coefficient (Wildman–Crippen LogP) is 4.16. The first-order valence-corrected chi connectivity index (χ1v) is 7.76. The van der Waals surface area contributed by atoms with E-state index in [0.29, 0.717) is 6.04 Å². The number of rotatable bonds is 5. The molecule has 1 aromatic carbocycles. The zero-order chi connectivity index (χ0) is 13.7. The highest BCUT2D eigenvalue weighted by molar-refractivity contribution is 5.47. The van der Waals surface area contributed by atoms with Gasteiger partial charge in [0.05, 0.1) is 6.61 Å². The van der Waals surface area contributed by atoms with Crippen molar-refractivity contribution in [1.29, 1.82) is 0 Å². The molecular formula is C17H27NO. The van der Waals surface area contributed by atoms with Gasteiger partial charge in [-0.2, -0.15) is 0 Å². The number of fused-ring (bicyclic) bond motifs is 1. The van der Waals surface area contributed by atoms with Crippen LogP contribution >= 0.6 is 0 Å². The first-order chi connectivity index (χ1) is 9.27. The van der Waals surface area contributed by atoms with Crippen LogP contribution in [0.5, 0.6) is 5.75 Å². The minimum absolute atomic E-state index is 0.512. The topological polar surface area (TPSA) is 21.3 Å². The van der Waals surface area contributed by atoms with Crippen LogP contribution in [-0.2, 0) is 6.42 Å². The lowest BCUT2D eigenvalue weighted by molar-refractivity contribution is 0.335. The zero-order valence-electron chi connectivity index (χ0n) is 12.6. The van der Waals surface area contributed by atoms with Crippen molar-refractivity contribution in [2.24, 2.45) is 0 Å². The summed E-state index contributed by atoms with van der Waals surface area (Å²) < 4.78 is 5.84. The number of hydrogen-bond donors (Lipinski definition) is 1. The Kier molecular flexibility index (Phi) is 5.26. The quantitative estimate of drug-likeness (QED) is 0.804. The van der Waals surface area contributed by atoms with E-state index >= 15 is 0 Å². The maximum Gasteiger partial charge on any atom is 0.122 e. The lowest BCUT2D eigenvalue weighted by Gasteiger charge is -2.23. The molecular weight excluding hydrogens is 234 g/mol. The highest BCUT2D eigenvalue weighted by Gasteiger charge is 2.22. The number of benzene rings is 1. The molecule has 0 aliphatic heterocycles. The summed E-state index contributed by atoms with van der Waals surface area (Å²) in [6.45, 7) is 8.38. The molecule has 0 saturated carbocycles. The summed E-state index contributed by atoms with van der Waals surface area (Å²) in [7, 11) is 0. The second-order valence-corrected chi connectivity index (χ2v) is 5.46. The lowest BCUT2D eigenvalue weighted by Crippen LogP contribution is -2.23. The molecule has 1 aromatic rings. The first-order valence-electron chi connectivity index (χ1n) is 7.76. The molecule has 1 aliphatic carbocycles. The normalized spacial score (nSPS) is 18.8. The molecule has 0 aromatic heterocycles. The smallest absolute Gasteiger partial charge is 0.122 e. The Morgan fingerprint density at radius 2 is 2.11 bits per heavy atom. The Balaban J connectivity index is 2.37. The molecule has 2 nitrogen and oxygen atoms in total. The van der Waals surface area contributed by atoms with E-state index in [1.807, 2.05) is 0 Å². The Morgan fingerprint density at radius 1 is 1.26 bits per heavy atom. The van der Waals surface area contributed by atoms with E-state index in [0.717, 1.165) is 25.3 Å². The molecule has 0 amide bonds. The molecule has 1 atom stereocenters. The van der Waals surface area contributed by atoms with Crippen molar-refractivity contribution < 1.29 is 4.74 Å². The van der Waals surface area contributed by atoms with Crippen LogP contribution in [0.4, 0.5) is 0 Å². The Bertz CT molecular complexity index is 414. The molecule has 0 spiro atoms. The van der Waals surface area contributed by atoms with E-state index < -0.39 is 0 Å². The van der Waals surface area contributed by atoms with Crippen LogP contribution in [0.1, 0.15) is 62.3 Å². The molecule has 0 radical (unpaired) electrons. The zero-order valence-corrected chi connectivity index (χ0v) is 12.6. The third kappa shape index (κ3) is 3.30. The largest absolute Gasteiger partial charge is 0.494 e. The predicted molar refractivity (Wildman–Crippen MR) is 80.9 cm³/mol. The molecule has 2 heteroatoms. The van der Waals surface area contributed by atoms with Crippen LogP contribution < -0.4 is 10.1 Å². The fraction of sp³-hybridized carbons (Fsp3) is 0.647. The Labute approximate surface area is 117 Å². The van der Waals surface area contributed by atoms with Gasteiger partial charge in [0, 0.05) is 6.04 Å². The van der Waals surface area contributed by atoms with Gasteiger partial charge >= 0.3 is 0 Å². The number of hydrogen-bond acceptors (Lipinski definition) is 2. The van der Waals surface area contributed by atoms with Gasteiger partial charge in [-0.15, -0.1) is 0 Å². The summed E-state index contributed by atoms with van der Waals surface area (Å²) in [4.78, 5) is 0. The summed E-state index contributed by atoms with van der Waals surface area (Å²) in [6, 6.07) is 4.88. The minimum atomic E-state index is 0.512. The number of ether oxygens (including phenoxy) is 1. The van der Waals surface area contributed by atoms with Crippen LogP contribution in [0.15, 0.2) is 12.1 Å². The van der Waals surface area contributed by atoms with Gasteiger partial charge in [-0.05, 0) is 68.8 Å². The van der Waals surface area contributed by atoms with Crippen LogP contribution in [0, 0.1) is 6.92 Å². The highest BCUT2D eigenvalue weighted by atomic mass is 16.5. The van der Waals surface area contributed by atoms with Crippen LogP contribution in [-0.4, -0.2) is 13.2 Å². The highest BCUT2D eigenvalue weighted by Crippen LogP contribution is 2.36. The monoisotopic (exact) mass is 261 g/mol.